The first-order valence-electron chi connectivity index (χ1n) is 11.4. The van der Waals surface area contributed by atoms with E-state index in [2.05, 4.69) is 32.5 Å². The third-order valence-corrected chi connectivity index (χ3v) is 5.98. The molecule has 3 rings (SSSR count). The zero-order valence-electron chi connectivity index (χ0n) is 20.0. The second kappa shape index (κ2) is 11.5. The summed E-state index contributed by atoms with van der Waals surface area (Å²) in [5, 5.41) is 6.40. The van der Waals surface area contributed by atoms with Gasteiger partial charge in [-0.15, -0.1) is 0 Å². The predicted octanol–water partition coefficient (Wildman–Crippen LogP) is 3.19. The minimum Gasteiger partial charge on any atom is -0.501 e. The van der Waals surface area contributed by atoms with Gasteiger partial charge in [0.15, 0.2) is 0 Å². The Morgan fingerprint density at radius 1 is 1.21 bits per heavy atom. The van der Waals surface area contributed by atoms with Gasteiger partial charge in [0, 0.05) is 60.7 Å². The number of aliphatic imine (C=N–C) groups is 1. The fourth-order valence-electron chi connectivity index (χ4n) is 4.17. The first-order chi connectivity index (χ1) is 16.0. The maximum absolute atomic E-state index is 12.6. The maximum Gasteiger partial charge on any atom is 0.305 e. The molecule has 0 atom stereocenters. The summed E-state index contributed by atoms with van der Waals surface area (Å²) in [7, 11) is 4.86. The molecule has 2 heterocycles. The average molecular weight is 455 g/mol. The van der Waals surface area contributed by atoms with Crippen molar-refractivity contribution >= 4 is 29.5 Å². The molecule has 0 bridgehead atoms. The minimum absolute atomic E-state index is 0.0212. The minimum atomic E-state index is -0.191. The fourth-order valence-corrected chi connectivity index (χ4v) is 4.17. The Morgan fingerprint density at radius 3 is 2.70 bits per heavy atom. The molecule has 8 heteroatoms. The van der Waals surface area contributed by atoms with Crippen molar-refractivity contribution in [3.63, 3.8) is 0 Å². The van der Waals surface area contributed by atoms with Gasteiger partial charge >= 0.3 is 5.97 Å². The molecular weight excluding hydrogens is 420 g/mol. The number of hydrogen-bond donors (Lipinski definition) is 2. The summed E-state index contributed by atoms with van der Waals surface area (Å²) < 4.78 is 12.2. The van der Waals surface area contributed by atoms with E-state index in [1.54, 1.807) is 14.2 Å². The number of nitrogens with zero attached hydrogens (tertiary/aromatic N) is 2. The van der Waals surface area contributed by atoms with Gasteiger partial charge in [-0.05, 0) is 38.3 Å². The van der Waals surface area contributed by atoms with Gasteiger partial charge in [0.05, 0.1) is 20.0 Å². The number of esters is 1. The molecule has 1 amide bonds. The number of carbonyl (C=O) groups is 2. The van der Waals surface area contributed by atoms with Crippen LogP contribution < -0.4 is 10.6 Å². The standard InChI is InChI=1S/C25H34N4O4/c1-5-17-13-21(28-25(17)26-2)20-15-29(22-11-10-18(32-3)14-19(20)22)16-23(30)27-12-8-6-7-9-24(31)33-4/h5,13-15H,6-12,16H2,1-4H3,(H,26,28)(H,27,30)/b17-5-. The van der Waals surface area contributed by atoms with Crippen molar-refractivity contribution in [2.75, 3.05) is 27.8 Å². The van der Waals surface area contributed by atoms with E-state index in [1.165, 1.54) is 7.11 Å². The van der Waals surface area contributed by atoms with Crippen LogP contribution in [0.25, 0.3) is 11.8 Å². The van der Waals surface area contributed by atoms with Crippen LogP contribution in [0.5, 0.6) is 0 Å². The second-order valence-electron chi connectivity index (χ2n) is 8.08. The Hall–Kier alpha value is -3.29. The Balaban J connectivity index is 1.69. The monoisotopic (exact) mass is 454 g/mol. The van der Waals surface area contributed by atoms with Gasteiger partial charge < -0.3 is 24.7 Å². The Morgan fingerprint density at radius 2 is 2.03 bits per heavy atom. The Kier molecular flexibility index (Phi) is 8.52. The zero-order valence-corrected chi connectivity index (χ0v) is 20.0. The average Bonchev–Trinajstić information content (AvgIpc) is 3.41. The van der Waals surface area contributed by atoms with E-state index in [1.807, 2.05) is 23.8 Å². The number of nitrogens with one attached hydrogen (secondary N) is 2. The quantitative estimate of drug-likeness (QED) is 0.418. The molecule has 1 aliphatic heterocycles. The van der Waals surface area contributed by atoms with E-state index in [-0.39, 0.29) is 18.4 Å². The summed E-state index contributed by atoms with van der Waals surface area (Å²) in [6.45, 7) is 2.85. The van der Waals surface area contributed by atoms with Crippen molar-refractivity contribution in [2.24, 2.45) is 4.99 Å². The van der Waals surface area contributed by atoms with Crippen LogP contribution in [0.4, 0.5) is 0 Å². The molecule has 0 spiro atoms. The summed E-state index contributed by atoms with van der Waals surface area (Å²) in [5.74, 6) is 1.56. The summed E-state index contributed by atoms with van der Waals surface area (Å²) in [4.78, 5) is 28.1. The lowest BCUT2D eigenvalue weighted by molar-refractivity contribution is -0.140. The highest BCUT2D eigenvalue weighted by atomic mass is 16.5. The van der Waals surface area contributed by atoms with E-state index in [4.69, 9.17) is 4.74 Å². The highest BCUT2D eigenvalue weighted by molar-refractivity contribution is 6.11. The lowest BCUT2D eigenvalue weighted by atomic mass is 9.99. The molecule has 2 N–H and O–H groups in total. The highest BCUT2D eigenvalue weighted by Crippen LogP contribution is 2.34. The number of methoxy groups -OCH3 is 2. The van der Waals surface area contributed by atoms with E-state index in [9.17, 15) is 9.59 Å². The molecule has 1 aromatic heterocycles. The molecule has 0 aromatic carbocycles. The van der Waals surface area contributed by atoms with Crippen LogP contribution in [0.3, 0.4) is 0 Å². The highest BCUT2D eigenvalue weighted by Gasteiger charge is 2.25. The largest absolute Gasteiger partial charge is 0.501 e. The smallest absolute Gasteiger partial charge is 0.305 e. The van der Waals surface area contributed by atoms with E-state index in [0.717, 1.165) is 71.8 Å². The Labute approximate surface area is 195 Å². The zero-order chi connectivity index (χ0) is 23.8. The fraction of sp³-hybridized carbons (Fsp3) is 0.480. The number of fused-ring (bicyclic) bond motifs is 1. The van der Waals surface area contributed by atoms with Crippen LogP contribution in [-0.2, 0) is 32.0 Å². The lowest BCUT2D eigenvalue weighted by Gasteiger charge is -2.16. The number of unbranched alkanes of at least 4 members (excludes halogenated alkanes) is 2. The van der Waals surface area contributed by atoms with Crippen molar-refractivity contribution in [3.8, 4) is 0 Å². The topological polar surface area (TPSA) is 94.0 Å². The molecule has 1 aromatic rings. The first kappa shape index (κ1) is 24.4. The molecule has 33 heavy (non-hydrogen) atoms. The normalized spacial score (nSPS) is 17.3. The summed E-state index contributed by atoms with van der Waals surface area (Å²) in [6.07, 6.45) is 12.7. The number of carbonyl (C=O) groups excluding carboxylic acids is 2. The predicted molar refractivity (Wildman–Crippen MR) is 129 cm³/mol. The number of amidine groups is 1. The molecule has 0 unspecified atom stereocenters. The summed E-state index contributed by atoms with van der Waals surface area (Å²) >= 11 is 0. The van der Waals surface area contributed by atoms with Crippen LogP contribution in [-0.4, -0.2) is 50.1 Å². The van der Waals surface area contributed by atoms with Crippen LogP contribution in [0.15, 0.2) is 34.7 Å². The van der Waals surface area contributed by atoms with Gasteiger partial charge in [-0.2, -0.15) is 0 Å². The maximum atomic E-state index is 12.6. The molecule has 0 fully saturated rings. The van der Waals surface area contributed by atoms with Crippen molar-refractivity contribution < 1.29 is 19.1 Å². The molecule has 0 saturated carbocycles. The van der Waals surface area contributed by atoms with Gasteiger partial charge in [0.1, 0.15) is 12.4 Å². The van der Waals surface area contributed by atoms with Gasteiger partial charge in [0.25, 0.3) is 0 Å². The van der Waals surface area contributed by atoms with Gasteiger partial charge in [-0.25, -0.2) is 0 Å². The van der Waals surface area contributed by atoms with Crippen LogP contribution in [0.1, 0.15) is 55.8 Å². The second-order valence-corrected chi connectivity index (χ2v) is 8.08. The molecule has 8 nitrogen and oxygen atoms in total. The van der Waals surface area contributed by atoms with E-state index in [0.29, 0.717) is 13.0 Å². The van der Waals surface area contributed by atoms with Crippen LogP contribution in [0.2, 0.25) is 0 Å². The molecule has 0 radical (unpaired) electrons. The third-order valence-electron chi connectivity index (χ3n) is 5.98. The summed E-state index contributed by atoms with van der Waals surface area (Å²) in [5.41, 5.74) is 5.27. The number of rotatable bonds is 10. The first-order valence-corrected chi connectivity index (χ1v) is 11.4. The summed E-state index contributed by atoms with van der Waals surface area (Å²) in [6, 6.07) is 0. The van der Waals surface area contributed by atoms with Gasteiger partial charge in [0.2, 0.25) is 5.91 Å². The number of hydrogen-bond acceptors (Lipinski definition) is 5. The van der Waals surface area contributed by atoms with Crippen LogP contribution in [0, 0.1) is 0 Å². The SMILES string of the molecule is C/C=C1/C=C(c2cn(CC(=O)NCCCCCC(=O)OC)c3c2C=C(OC)CC3)N/C1=N/C. The van der Waals surface area contributed by atoms with E-state index < -0.39 is 0 Å². The molecule has 2 aliphatic rings. The van der Waals surface area contributed by atoms with Crippen molar-refractivity contribution in [1.29, 1.82) is 0 Å². The molecular formula is C25H34N4O4. The number of aromatic nitrogens is 1. The van der Waals surface area contributed by atoms with Crippen molar-refractivity contribution in [3.05, 3.63) is 46.5 Å². The number of ether oxygens (including phenoxy) is 2. The number of allylic oxidation sites excluding steroid dienone is 2. The molecule has 1 aliphatic carbocycles. The van der Waals surface area contributed by atoms with E-state index >= 15 is 0 Å². The van der Waals surface area contributed by atoms with Crippen molar-refractivity contribution in [2.45, 2.75) is 52.0 Å². The third kappa shape index (κ3) is 5.94. The molecule has 178 valence electrons. The molecule has 0 saturated heterocycles. The number of amides is 1. The van der Waals surface area contributed by atoms with Crippen molar-refractivity contribution in [1.82, 2.24) is 15.2 Å². The Bertz CT molecular complexity index is 1010. The van der Waals surface area contributed by atoms with Gasteiger partial charge in [-0.1, -0.05) is 12.5 Å². The van der Waals surface area contributed by atoms with Crippen LogP contribution >= 0.6 is 0 Å². The lowest BCUT2D eigenvalue weighted by Crippen LogP contribution is -2.29. The van der Waals surface area contributed by atoms with Gasteiger partial charge in [-0.3, -0.25) is 14.6 Å².